The van der Waals surface area contributed by atoms with Gasteiger partial charge in [-0.3, -0.25) is 4.68 Å². The van der Waals surface area contributed by atoms with E-state index in [1.54, 1.807) is 11.7 Å². The van der Waals surface area contributed by atoms with Crippen molar-refractivity contribution in [2.24, 2.45) is 18.7 Å². The molecular formula is C9H16N4O2S. The van der Waals surface area contributed by atoms with E-state index in [-0.39, 0.29) is 23.5 Å². The monoisotopic (exact) mass is 244 g/mol. The lowest BCUT2D eigenvalue weighted by molar-refractivity contribution is 0.457. The zero-order valence-corrected chi connectivity index (χ0v) is 10.0. The number of aromatic nitrogens is 3. The van der Waals surface area contributed by atoms with E-state index in [1.165, 1.54) is 0 Å². The predicted molar refractivity (Wildman–Crippen MR) is 59.4 cm³/mol. The Morgan fingerprint density at radius 3 is 2.94 bits per heavy atom. The quantitative estimate of drug-likeness (QED) is 0.745. The molecule has 0 aromatic carbocycles. The fourth-order valence-corrected chi connectivity index (χ4v) is 3.95. The Morgan fingerprint density at radius 2 is 2.44 bits per heavy atom. The van der Waals surface area contributed by atoms with Crippen LogP contribution in [-0.2, 0) is 23.3 Å². The average Bonchev–Trinajstić information content (AvgIpc) is 2.72. The maximum absolute atomic E-state index is 11.3. The third kappa shape index (κ3) is 2.59. The van der Waals surface area contributed by atoms with E-state index >= 15 is 0 Å². The Kier molecular flexibility index (Phi) is 2.98. The van der Waals surface area contributed by atoms with E-state index in [2.05, 4.69) is 10.3 Å². The molecule has 16 heavy (non-hydrogen) atoms. The molecular weight excluding hydrogens is 228 g/mol. The zero-order valence-electron chi connectivity index (χ0n) is 9.20. The predicted octanol–water partition coefficient (Wildman–Crippen LogP) is -0.880. The molecule has 7 heteroatoms. The Bertz CT molecular complexity index is 468. The van der Waals surface area contributed by atoms with E-state index in [4.69, 9.17) is 5.73 Å². The number of hydrogen-bond donors (Lipinski definition) is 1. The van der Waals surface area contributed by atoms with Crippen LogP contribution in [-0.4, -0.2) is 41.0 Å². The first-order chi connectivity index (χ1) is 7.46. The molecule has 0 saturated carbocycles. The highest BCUT2D eigenvalue weighted by Gasteiger charge is 2.32. The van der Waals surface area contributed by atoms with Gasteiger partial charge in [0, 0.05) is 25.7 Å². The van der Waals surface area contributed by atoms with Crippen LogP contribution in [0.1, 0.15) is 12.1 Å². The largest absolute Gasteiger partial charge is 0.327 e. The molecule has 1 saturated heterocycles. The maximum atomic E-state index is 11.3. The smallest absolute Gasteiger partial charge is 0.150 e. The Balaban J connectivity index is 1.96. The topological polar surface area (TPSA) is 90.9 Å². The maximum Gasteiger partial charge on any atom is 0.150 e. The number of rotatable bonds is 3. The second-order valence-corrected chi connectivity index (χ2v) is 6.64. The van der Waals surface area contributed by atoms with Crippen LogP contribution in [0.15, 0.2) is 6.20 Å². The van der Waals surface area contributed by atoms with E-state index in [0.717, 1.165) is 5.69 Å². The second kappa shape index (κ2) is 4.14. The normalized spacial score (nSPS) is 25.8. The minimum atomic E-state index is -2.85. The van der Waals surface area contributed by atoms with Gasteiger partial charge in [0.05, 0.1) is 17.2 Å². The van der Waals surface area contributed by atoms with Crippen LogP contribution in [0.4, 0.5) is 0 Å². The van der Waals surface area contributed by atoms with Crippen molar-refractivity contribution in [3.8, 4) is 0 Å². The summed E-state index contributed by atoms with van der Waals surface area (Å²) in [5.74, 6) is 0.548. The van der Waals surface area contributed by atoms with E-state index in [0.29, 0.717) is 12.8 Å². The molecule has 0 aliphatic carbocycles. The minimum absolute atomic E-state index is 0.0620. The SMILES string of the molecule is Cn1cc(CC(N)C2CCS(=O)(=O)C2)nn1. The van der Waals surface area contributed by atoms with Crippen molar-refractivity contribution in [2.45, 2.75) is 18.9 Å². The number of nitrogens with two attached hydrogens (primary N) is 1. The van der Waals surface area contributed by atoms with Gasteiger partial charge in [0.15, 0.2) is 9.84 Å². The molecule has 1 fully saturated rings. The van der Waals surface area contributed by atoms with E-state index < -0.39 is 9.84 Å². The highest BCUT2D eigenvalue weighted by atomic mass is 32.2. The first kappa shape index (κ1) is 11.5. The van der Waals surface area contributed by atoms with Gasteiger partial charge in [-0.2, -0.15) is 0 Å². The number of sulfone groups is 1. The summed E-state index contributed by atoms with van der Waals surface area (Å²) in [7, 11) is -1.06. The summed E-state index contributed by atoms with van der Waals surface area (Å²) in [4.78, 5) is 0. The van der Waals surface area contributed by atoms with Gasteiger partial charge in [0.1, 0.15) is 0 Å². The summed E-state index contributed by atoms with van der Waals surface area (Å²) in [5.41, 5.74) is 6.82. The Morgan fingerprint density at radius 1 is 1.69 bits per heavy atom. The lowest BCUT2D eigenvalue weighted by atomic mass is 9.96. The summed E-state index contributed by atoms with van der Waals surface area (Å²) in [5, 5.41) is 7.76. The molecule has 2 rings (SSSR count). The fourth-order valence-electron chi connectivity index (χ4n) is 2.06. The summed E-state index contributed by atoms with van der Waals surface area (Å²) >= 11 is 0. The Hall–Kier alpha value is -0.950. The third-order valence-electron chi connectivity index (χ3n) is 2.97. The average molecular weight is 244 g/mol. The van der Waals surface area contributed by atoms with Crippen LogP contribution in [0.5, 0.6) is 0 Å². The first-order valence-corrected chi connectivity index (χ1v) is 7.09. The third-order valence-corrected chi connectivity index (χ3v) is 4.76. The van der Waals surface area contributed by atoms with Gasteiger partial charge < -0.3 is 5.73 Å². The molecule has 6 nitrogen and oxygen atoms in total. The van der Waals surface area contributed by atoms with Crippen molar-refractivity contribution < 1.29 is 8.42 Å². The van der Waals surface area contributed by atoms with Gasteiger partial charge in [-0.25, -0.2) is 8.42 Å². The molecule has 0 spiro atoms. The molecule has 0 bridgehead atoms. The van der Waals surface area contributed by atoms with E-state index in [1.807, 2.05) is 6.20 Å². The standard InChI is InChI=1S/C9H16N4O2S/c1-13-5-8(11-12-13)4-9(10)7-2-3-16(14,15)6-7/h5,7,9H,2-4,6,10H2,1H3. The summed E-state index contributed by atoms with van der Waals surface area (Å²) in [6.07, 6.45) is 3.07. The molecule has 2 N–H and O–H groups in total. The lowest BCUT2D eigenvalue weighted by Crippen LogP contribution is -2.33. The number of nitrogens with zero attached hydrogens (tertiary/aromatic N) is 3. The van der Waals surface area contributed by atoms with Crippen LogP contribution in [0.3, 0.4) is 0 Å². The molecule has 2 heterocycles. The van der Waals surface area contributed by atoms with Gasteiger partial charge in [-0.05, 0) is 12.3 Å². The molecule has 1 aromatic heterocycles. The molecule has 2 atom stereocenters. The summed E-state index contributed by atoms with van der Waals surface area (Å²) in [6, 6.07) is -0.144. The van der Waals surface area contributed by atoms with Gasteiger partial charge in [0.25, 0.3) is 0 Å². The van der Waals surface area contributed by atoms with Crippen molar-refractivity contribution in [1.29, 1.82) is 0 Å². The second-order valence-electron chi connectivity index (χ2n) is 4.41. The molecule has 90 valence electrons. The molecule has 1 aromatic rings. The molecule has 1 aliphatic rings. The lowest BCUT2D eigenvalue weighted by Gasteiger charge is -2.15. The molecule has 2 unspecified atom stereocenters. The number of hydrogen-bond acceptors (Lipinski definition) is 5. The first-order valence-electron chi connectivity index (χ1n) is 5.27. The van der Waals surface area contributed by atoms with Gasteiger partial charge >= 0.3 is 0 Å². The molecule has 0 radical (unpaired) electrons. The highest BCUT2D eigenvalue weighted by molar-refractivity contribution is 7.91. The minimum Gasteiger partial charge on any atom is -0.327 e. The highest BCUT2D eigenvalue weighted by Crippen LogP contribution is 2.22. The Labute approximate surface area is 94.7 Å². The van der Waals surface area contributed by atoms with Gasteiger partial charge in [-0.1, -0.05) is 5.21 Å². The number of aryl methyl sites for hydroxylation is 1. The van der Waals surface area contributed by atoms with Crippen LogP contribution in [0, 0.1) is 5.92 Å². The van der Waals surface area contributed by atoms with Gasteiger partial charge in [-0.15, -0.1) is 5.10 Å². The van der Waals surface area contributed by atoms with Crippen LogP contribution >= 0.6 is 0 Å². The van der Waals surface area contributed by atoms with Crippen molar-refractivity contribution in [2.75, 3.05) is 11.5 Å². The van der Waals surface area contributed by atoms with Crippen LogP contribution in [0.2, 0.25) is 0 Å². The van der Waals surface area contributed by atoms with Crippen molar-refractivity contribution in [3.63, 3.8) is 0 Å². The fraction of sp³-hybridized carbons (Fsp3) is 0.778. The van der Waals surface area contributed by atoms with Crippen LogP contribution < -0.4 is 5.73 Å². The van der Waals surface area contributed by atoms with Crippen molar-refractivity contribution in [1.82, 2.24) is 15.0 Å². The summed E-state index contributed by atoms with van der Waals surface area (Å²) < 4.78 is 24.2. The molecule has 0 amide bonds. The summed E-state index contributed by atoms with van der Waals surface area (Å²) in [6.45, 7) is 0. The van der Waals surface area contributed by atoms with Crippen molar-refractivity contribution in [3.05, 3.63) is 11.9 Å². The van der Waals surface area contributed by atoms with Crippen molar-refractivity contribution >= 4 is 9.84 Å². The van der Waals surface area contributed by atoms with E-state index in [9.17, 15) is 8.42 Å². The zero-order chi connectivity index (χ0) is 11.8. The molecule has 1 aliphatic heterocycles. The van der Waals surface area contributed by atoms with Crippen LogP contribution in [0.25, 0.3) is 0 Å². The van der Waals surface area contributed by atoms with Gasteiger partial charge in [0.2, 0.25) is 0 Å².